The number of carbonyl (C=O) groups excluding carboxylic acids is 3. The van der Waals surface area contributed by atoms with E-state index in [1.807, 2.05) is 26.0 Å². The van der Waals surface area contributed by atoms with Crippen molar-refractivity contribution in [3.63, 3.8) is 0 Å². The molecule has 0 saturated heterocycles. The lowest BCUT2D eigenvalue weighted by atomic mass is 10.1. The van der Waals surface area contributed by atoms with E-state index in [0.717, 1.165) is 30.0 Å². The van der Waals surface area contributed by atoms with Gasteiger partial charge in [-0.2, -0.15) is 0 Å². The lowest BCUT2D eigenvalue weighted by Crippen LogP contribution is -2.29. The van der Waals surface area contributed by atoms with Gasteiger partial charge in [0.05, 0.1) is 14.2 Å². The smallest absolute Gasteiger partial charge is 0.361 e. The van der Waals surface area contributed by atoms with Crippen molar-refractivity contribution in [2.24, 2.45) is 0 Å². The van der Waals surface area contributed by atoms with E-state index in [1.54, 1.807) is 13.0 Å². The van der Waals surface area contributed by atoms with Gasteiger partial charge < -0.3 is 14.8 Å². The quantitative estimate of drug-likeness (QED) is 0.770. The Morgan fingerprint density at radius 2 is 1.78 bits per heavy atom. The number of benzene rings is 1. The van der Waals surface area contributed by atoms with Gasteiger partial charge in [0.15, 0.2) is 5.69 Å². The molecule has 1 amide bonds. The first-order chi connectivity index (χ1) is 12.8. The van der Waals surface area contributed by atoms with Crippen LogP contribution in [0.15, 0.2) is 18.2 Å². The fourth-order valence-electron chi connectivity index (χ4n) is 2.55. The van der Waals surface area contributed by atoms with Crippen LogP contribution in [0.2, 0.25) is 0 Å². The van der Waals surface area contributed by atoms with Gasteiger partial charge in [0.2, 0.25) is 11.6 Å². The summed E-state index contributed by atoms with van der Waals surface area (Å²) in [6.07, 6.45) is 0.310. The van der Waals surface area contributed by atoms with E-state index in [4.69, 9.17) is 4.74 Å². The maximum absolute atomic E-state index is 12.8. The van der Waals surface area contributed by atoms with Crippen LogP contribution in [-0.2, 0) is 14.3 Å². The van der Waals surface area contributed by atoms with E-state index < -0.39 is 23.9 Å². The molecule has 1 aromatic heterocycles. The van der Waals surface area contributed by atoms with Crippen LogP contribution in [0.3, 0.4) is 0 Å². The van der Waals surface area contributed by atoms with Gasteiger partial charge in [0.25, 0.3) is 0 Å². The van der Waals surface area contributed by atoms with Gasteiger partial charge in [-0.05, 0) is 43.5 Å². The van der Waals surface area contributed by atoms with Crippen LogP contribution in [0.1, 0.15) is 51.5 Å². The summed E-state index contributed by atoms with van der Waals surface area (Å²) in [4.78, 5) is 36.8. The molecule has 144 valence electrons. The van der Waals surface area contributed by atoms with Crippen LogP contribution in [0, 0.1) is 13.8 Å². The molecule has 2 aromatic rings. The Bertz CT molecular complexity index is 875. The summed E-state index contributed by atoms with van der Waals surface area (Å²) in [6, 6.07) is 4.67. The van der Waals surface area contributed by atoms with Crippen LogP contribution in [-0.4, -0.2) is 47.1 Å². The molecule has 2 rings (SSSR count). The number of carbonyl (C=O) groups is 3. The summed E-state index contributed by atoms with van der Waals surface area (Å²) < 4.78 is 10.4. The summed E-state index contributed by atoms with van der Waals surface area (Å²) in [5.41, 5.74) is 2.22. The predicted octanol–water partition coefficient (Wildman–Crippen LogP) is 2.06. The van der Waals surface area contributed by atoms with Crippen molar-refractivity contribution in [3.8, 4) is 0 Å². The molecule has 9 nitrogen and oxygen atoms in total. The first-order valence-electron chi connectivity index (χ1n) is 8.33. The highest BCUT2D eigenvalue weighted by Gasteiger charge is 2.32. The number of aromatic nitrogens is 3. The van der Waals surface area contributed by atoms with E-state index in [-0.39, 0.29) is 11.4 Å². The van der Waals surface area contributed by atoms with Gasteiger partial charge in [0.1, 0.15) is 6.04 Å². The standard InChI is InChI=1S/C18H22N4O5/c1-6-13(16(23)19-12-8-7-10(2)11(3)9-12)22-15(18(25)27-5)14(20-21-22)17(24)26-4/h7-9,13H,6H2,1-5H3,(H,19,23)/t13-/m1/s1. The molecule has 0 fully saturated rings. The van der Waals surface area contributed by atoms with Gasteiger partial charge in [-0.15, -0.1) is 5.10 Å². The van der Waals surface area contributed by atoms with Crippen molar-refractivity contribution in [1.29, 1.82) is 0 Å². The zero-order valence-electron chi connectivity index (χ0n) is 15.9. The van der Waals surface area contributed by atoms with E-state index >= 15 is 0 Å². The molecule has 0 unspecified atom stereocenters. The highest BCUT2D eigenvalue weighted by molar-refractivity contribution is 6.01. The van der Waals surface area contributed by atoms with Crippen LogP contribution < -0.4 is 5.32 Å². The Kier molecular flexibility index (Phi) is 6.27. The third-order valence-corrected chi connectivity index (χ3v) is 4.21. The topological polar surface area (TPSA) is 112 Å². The summed E-state index contributed by atoms with van der Waals surface area (Å²) in [5, 5.41) is 10.3. The summed E-state index contributed by atoms with van der Waals surface area (Å²) in [6.45, 7) is 5.67. The SMILES string of the molecule is CC[C@H](C(=O)Nc1ccc(C)c(C)c1)n1nnc(C(=O)OC)c1C(=O)OC. The summed E-state index contributed by atoms with van der Waals surface area (Å²) in [5.74, 6) is -2.07. The van der Waals surface area contributed by atoms with E-state index in [1.165, 1.54) is 0 Å². The molecule has 1 heterocycles. The van der Waals surface area contributed by atoms with E-state index in [2.05, 4.69) is 20.4 Å². The fraction of sp³-hybridized carbons (Fsp3) is 0.389. The van der Waals surface area contributed by atoms with Gasteiger partial charge in [-0.1, -0.05) is 18.2 Å². The normalized spacial score (nSPS) is 11.6. The average Bonchev–Trinajstić information content (AvgIpc) is 3.08. The summed E-state index contributed by atoms with van der Waals surface area (Å²) >= 11 is 0. The molecule has 1 aromatic carbocycles. The van der Waals surface area contributed by atoms with Crippen molar-refractivity contribution in [2.45, 2.75) is 33.2 Å². The number of esters is 2. The second kappa shape index (κ2) is 8.43. The van der Waals surface area contributed by atoms with Crippen molar-refractivity contribution in [3.05, 3.63) is 40.7 Å². The molecule has 0 aliphatic rings. The zero-order valence-corrected chi connectivity index (χ0v) is 15.9. The minimum atomic E-state index is -0.869. The maximum Gasteiger partial charge on any atom is 0.361 e. The number of nitrogens with one attached hydrogen (secondary N) is 1. The van der Waals surface area contributed by atoms with Crippen LogP contribution >= 0.6 is 0 Å². The van der Waals surface area contributed by atoms with Crippen molar-refractivity contribution >= 4 is 23.5 Å². The van der Waals surface area contributed by atoms with Crippen molar-refractivity contribution < 1.29 is 23.9 Å². The fourth-order valence-corrected chi connectivity index (χ4v) is 2.55. The van der Waals surface area contributed by atoms with Crippen molar-refractivity contribution in [1.82, 2.24) is 15.0 Å². The summed E-state index contributed by atoms with van der Waals surface area (Å²) in [7, 11) is 2.32. The van der Waals surface area contributed by atoms with Crippen LogP contribution in [0.4, 0.5) is 5.69 Å². The number of methoxy groups -OCH3 is 2. The molecule has 0 radical (unpaired) electrons. The molecular weight excluding hydrogens is 352 g/mol. The Morgan fingerprint density at radius 1 is 1.11 bits per heavy atom. The Balaban J connectivity index is 2.39. The number of hydrogen-bond donors (Lipinski definition) is 1. The van der Waals surface area contributed by atoms with Crippen molar-refractivity contribution in [2.75, 3.05) is 19.5 Å². The molecule has 0 aliphatic carbocycles. The monoisotopic (exact) mass is 374 g/mol. The number of anilines is 1. The Morgan fingerprint density at radius 3 is 2.33 bits per heavy atom. The lowest BCUT2D eigenvalue weighted by Gasteiger charge is -2.17. The number of aryl methyl sites for hydroxylation is 2. The third kappa shape index (κ3) is 4.13. The highest BCUT2D eigenvalue weighted by atomic mass is 16.5. The van der Waals surface area contributed by atoms with Crippen LogP contribution in [0.5, 0.6) is 0 Å². The number of rotatable bonds is 6. The molecule has 0 aliphatic heterocycles. The molecular formula is C18H22N4O5. The lowest BCUT2D eigenvalue weighted by molar-refractivity contribution is -0.119. The van der Waals surface area contributed by atoms with Gasteiger partial charge in [-0.3, -0.25) is 4.79 Å². The highest BCUT2D eigenvalue weighted by Crippen LogP contribution is 2.21. The molecule has 27 heavy (non-hydrogen) atoms. The molecule has 1 atom stereocenters. The molecule has 1 N–H and O–H groups in total. The number of ether oxygens (including phenoxy) is 2. The second-order valence-electron chi connectivity index (χ2n) is 5.93. The van der Waals surface area contributed by atoms with E-state index in [0.29, 0.717) is 12.1 Å². The number of hydrogen-bond acceptors (Lipinski definition) is 7. The van der Waals surface area contributed by atoms with E-state index in [9.17, 15) is 14.4 Å². The molecule has 0 saturated carbocycles. The first-order valence-corrected chi connectivity index (χ1v) is 8.33. The van der Waals surface area contributed by atoms with Gasteiger partial charge >= 0.3 is 11.9 Å². The van der Waals surface area contributed by atoms with Gasteiger partial charge in [-0.25, -0.2) is 14.3 Å². The Labute approximate surface area is 156 Å². The second-order valence-corrected chi connectivity index (χ2v) is 5.93. The molecule has 0 spiro atoms. The Hall–Kier alpha value is -3.23. The largest absolute Gasteiger partial charge is 0.464 e. The van der Waals surface area contributed by atoms with Crippen LogP contribution in [0.25, 0.3) is 0 Å². The minimum absolute atomic E-state index is 0.230. The predicted molar refractivity (Wildman–Crippen MR) is 96.6 cm³/mol. The maximum atomic E-state index is 12.8. The average molecular weight is 374 g/mol. The zero-order chi connectivity index (χ0) is 20.1. The molecule has 9 heteroatoms. The number of nitrogens with zero attached hydrogens (tertiary/aromatic N) is 3. The minimum Gasteiger partial charge on any atom is -0.464 e. The first kappa shape index (κ1) is 20.1. The van der Waals surface area contributed by atoms with Gasteiger partial charge in [0, 0.05) is 5.69 Å². The molecule has 0 bridgehead atoms. The number of amides is 1. The third-order valence-electron chi connectivity index (χ3n) is 4.21.